The summed E-state index contributed by atoms with van der Waals surface area (Å²) in [6, 6.07) is 14.8. The highest BCUT2D eigenvalue weighted by atomic mass is 16.4. The Labute approximate surface area is 127 Å². The lowest BCUT2D eigenvalue weighted by atomic mass is 10.2. The summed E-state index contributed by atoms with van der Waals surface area (Å²) in [6.45, 7) is 0. The summed E-state index contributed by atoms with van der Waals surface area (Å²) in [6.07, 6.45) is 2.27. The van der Waals surface area contributed by atoms with Crippen LogP contribution >= 0.6 is 0 Å². The fourth-order valence-electron chi connectivity index (χ4n) is 1.91. The lowest BCUT2D eigenvalue weighted by Crippen LogP contribution is -2.13. The number of anilines is 1. The molecule has 110 valence electrons. The molecule has 3 aromatic rings. The number of aryl methyl sites for hydroxylation is 1. The molecule has 2 aromatic heterocycles. The van der Waals surface area contributed by atoms with E-state index in [1.165, 1.54) is 0 Å². The van der Waals surface area contributed by atoms with Crippen molar-refractivity contribution in [2.24, 2.45) is 0 Å². The van der Waals surface area contributed by atoms with Crippen molar-refractivity contribution in [3.8, 4) is 11.5 Å². The standard InChI is InChI=1S/C16H14N4O2/c21-14(18-13-8-4-5-11-17-13)9-10-15-19-20-16(22-15)12-6-2-1-3-7-12/h1-8,11H,9-10H2,(H,17,18,21). The van der Waals surface area contributed by atoms with Crippen LogP contribution in [0.25, 0.3) is 11.5 Å². The van der Waals surface area contributed by atoms with E-state index in [0.29, 0.717) is 24.0 Å². The van der Waals surface area contributed by atoms with Gasteiger partial charge in [-0.15, -0.1) is 10.2 Å². The Morgan fingerprint density at radius 1 is 1.05 bits per heavy atom. The number of hydrogen-bond acceptors (Lipinski definition) is 5. The van der Waals surface area contributed by atoms with E-state index in [4.69, 9.17) is 4.42 Å². The van der Waals surface area contributed by atoms with Crippen molar-refractivity contribution in [3.63, 3.8) is 0 Å². The smallest absolute Gasteiger partial charge is 0.247 e. The number of amides is 1. The van der Waals surface area contributed by atoms with Gasteiger partial charge in [0.25, 0.3) is 0 Å². The van der Waals surface area contributed by atoms with Crippen LogP contribution in [0.4, 0.5) is 5.82 Å². The van der Waals surface area contributed by atoms with E-state index in [1.54, 1.807) is 18.3 Å². The summed E-state index contributed by atoms with van der Waals surface area (Å²) < 4.78 is 5.55. The molecular formula is C16H14N4O2. The second-order valence-corrected chi connectivity index (χ2v) is 4.63. The maximum atomic E-state index is 11.8. The minimum Gasteiger partial charge on any atom is -0.421 e. The van der Waals surface area contributed by atoms with Gasteiger partial charge in [-0.25, -0.2) is 4.98 Å². The molecule has 0 atom stereocenters. The molecule has 22 heavy (non-hydrogen) atoms. The number of carbonyl (C=O) groups excluding carboxylic acids is 1. The Hall–Kier alpha value is -3.02. The zero-order valence-corrected chi connectivity index (χ0v) is 11.8. The van der Waals surface area contributed by atoms with Crippen molar-refractivity contribution >= 4 is 11.7 Å². The van der Waals surface area contributed by atoms with E-state index >= 15 is 0 Å². The molecule has 0 unspecified atom stereocenters. The fourth-order valence-corrected chi connectivity index (χ4v) is 1.91. The zero-order chi connectivity index (χ0) is 15.2. The molecule has 0 spiro atoms. The van der Waals surface area contributed by atoms with E-state index < -0.39 is 0 Å². The molecule has 6 heteroatoms. The summed E-state index contributed by atoms with van der Waals surface area (Å²) in [5.74, 6) is 1.29. The van der Waals surface area contributed by atoms with Crippen LogP contribution in [0.2, 0.25) is 0 Å². The van der Waals surface area contributed by atoms with Gasteiger partial charge in [-0.3, -0.25) is 4.79 Å². The highest BCUT2D eigenvalue weighted by molar-refractivity contribution is 5.89. The molecule has 0 fully saturated rings. The second-order valence-electron chi connectivity index (χ2n) is 4.63. The first-order valence-corrected chi connectivity index (χ1v) is 6.90. The maximum Gasteiger partial charge on any atom is 0.247 e. The predicted molar refractivity (Wildman–Crippen MR) is 80.9 cm³/mol. The van der Waals surface area contributed by atoms with Gasteiger partial charge in [0, 0.05) is 24.6 Å². The third-order valence-electron chi connectivity index (χ3n) is 2.99. The van der Waals surface area contributed by atoms with Crippen molar-refractivity contribution < 1.29 is 9.21 Å². The number of rotatable bonds is 5. The Bertz CT molecular complexity index is 741. The monoisotopic (exact) mass is 294 g/mol. The van der Waals surface area contributed by atoms with E-state index in [1.807, 2.05) is 36.4 Å². The highest BCUT2D eigenvalue weighted by Gasteiger charge is 2.10. The van der Waals surface area contributed by atoms with Gasteiger partial charge in [0.15, 0.2) is 0 Å². The van der Waals surface area contributed by atoms with E-state index in [-0.39, 0.29) is 12.3 Å². The molecule has 0 aliphatic heterocycles. The maximum absolute atomic E-state index is 11.8. The summed E-state index contributed by atoms with van der Waals surface area (Å²) in [5, 5.41) is 10.7. The first-order chi connectivity index (χ1) is 10.8. The quantitative estimate of drug-likeness (QED) is 0.782. The van der Waals surface area contributed by atoms with Crippen LogP contribution in [-0.2, 0) is 11.2 Å². The number of carbonyl (C=O) groups is 1. The van der Waals surface area contributed by atoms with Crippen LogP contribution in [0.15, 0.2) is 59.1 Å². The van der Waals surface area contributed by atoms with Crippen molar-refractivity contribution in [2.75, 3.05) is 5.32 Å². The van der Waals surface area contributed by atoms with Gasteiger partial charge in [0.05, 0.1) is 0 Å². The molecule has 0 aliphatic carbocycles. The van der Waals surface area contributed by atoms with Crippen LogP contribution in [0, 0.1) is 0 Å². The SMILES string of the molecule is O=C(CCc1nnc(-c2ccccc2)o1)Nc1ccccn1. The van der Waals surface area contributed by atoms with Gasteiger partial charge in [-0.05, 0) is 24.3 Å². The predicted octanol–water partition coefficient (Wildman–Crippen LogP) is 2.70. The molecule has 3 rings (SSSR count). The van der Waals surface area contributed by atoms with Crippen molar-refractivity contribution in [2.45, 2.75) is 12.8 Å². The topological polar surface area (TPSA) is 80.9 Å². The first-order valence-electron chi connectivity index (χ1n) is 6.90. The van der Waals surface area contributed by atoms with E-state index in [2.05, 4.69) is 20.5 Å². The summed E-state index contributed by atoms with van der Waals surface area (Å²) in [7, 11) is 0. The molecule has 2 heterocycles. The molecule has 1 amide bonds. The molecular weight excluding hydrogens is 280 g/mol. The van der Waals surface area contributed by atoms with Gasteiger partial charge in [-0.2, -0.15) is 0 Å². The Morgan fingerprint density at radius 2 is 1.86 bits per heavy atom. The van der Waals surface area contributed by atoms with Crippen LogP contribution in [-0.4, -0.2) is 21.1 Å². The highest BCUT2D eigenvalue weighted by Crippen LogP contribution is 2.17. The molecule has 1 aromatic carbocycles. The van der Waals surface area contributed by atoms with Crippen molar-refractivity contribution in [3.05, 3.63) is 60.6 Å². The van der Waals surface area contributed by atoms with Gasteiger partial charge in [0.1, 0.15) is 5.82 Å². The number of benzene rings is 1. The van der Waals surface area contributed by atoms with Gasteiger partial charge in [0.2, 0.25) is 17.7 Å². The molecule has 6 nitrogen and oxygen atoms in total. The van der Waals surface area contributed by atoms with E-state index in [9.17, 15) is 4.79 Å². The molecule has 1 N–H and O–H groups in total. The third kappa shape index (κ3) is 3.54. The van der Waals surface area contributed by atoms with Crippen molar-refractivity contribution in [1.82, 2.24) is 15.2 Å². The van der Waals surface area contributed by atoms with Crippen LogP contribution < -0.4 is 5.32 Å². The molecule has 0 aliphatic rings. The molecule has 0 radical (unpaired) electrons. The average Bonchev–Trinajstić information content (AvgIpc) is 3.04. The number of hydrogen-bond donors (Lipinski definition) is 1. The van der Waals surface area contributed by atoms with Gasteiger partial charge < -0.3 is 9.73 Å². The Balaban J connectivity index is 1.56. The lowest BCUT2D eigenvalue weighted by molar-refractivity contribution is -0.116. The zero-order valence-electron chi connectivity index (χ0n) is 11.8. The van der Waals surface area contributed by atoms with Gasteiger partial charge >= 0.3 is 0 Å². The third-order valence-corrected chi connectivity index (χ3v) is 2.99. The summed E-state index contributed by atoms with van der Waals surface area (Å²) >= 11 is 0. The Morgan fingerprint density at radius 3 is 2.64 bits per heavy atom. The van der Waals surface area contributed by atoms with Crippen LogP contribution in [0.1, 0.15) is 12.3 Å². The normalized spacial score (nSPS) is 10.4. The number of pyridine rings is 1. The largest absolute Gasteiger partial charge is 0.421 e. The average molecular weight is 294 g/mol. The fraction of sp³-hybridized carbons (Fsp3) is 0.125. The summed E-state index contributed by atoms with van der Waals surface area (Å²) in [5.41, 5.74) is 0.860. The molecule has 0 saturated heterocycles. The van der Waals surface area contributed by atoms with Gasteiger partial charge in [-0.1, -0.05) is 24.3 Å². The minimum absolute atomic E-state index is 0.141. The summed E-state index contributed by atoms with van der Waals surface area (Å²) in [4.78, 5) is 15.9. The number of nitrogens with zero attached hydrogens (tertiary/aromatic N) is 3. The van der Waals surface area contributed by atoms with Crippen LogP contribution in [0.3, 0.4) is 0 Å². The van der Waals surface area contributed by atoms with E-state index in [0.717, 1.165) is 5.56 Å². The van der Waals surface area contributed by atoms with Crippen LogP contribution in [0.5, 0.6) is 0 Å². The minimum atomic E-state index is -0.141. The lowest BCUT2D eigenvalue weighted by Gasteiger charge is -2.02. The molecule has 0 saturated carbocycles. The number of aromatic nitrogens is 3. The second kappa shape index (κ2) is 6.62. The first kappa shape index (κ1) is 13.9. The Kier molecular flexibility index (Phi) is 4.20. The van der Waals surface area contributed by atoms with Crippen molar-refractivity contribution in [1.29, 1.82) is 0 Å². The molecule has 0 bridgehead atoms. The number of nitrogens with one attached hydrogen (secondary N) is 1.